The summed E-state index contributed by atoms with van der Waals surface area (Å²) in [6.45, 7) is 4.29. The number of carbonyl (C=O) groups excluding carboxylic acids is 1. The van der Waals surface area contributed by atoms with Crippen LogP contribution in [-0.4, -0.2) is 41.4 Å². The molecule has 23 heavy (non-hydrogen) atoms. The summed E-state index contributed by atoms with van der Waals surface area (Å²) in [4.78, 5) is 22.4. The molecule has 0 atom stereocenters. The van der Waals surface area contributed by atoms with Crippen molar-refractivity contribution in [1.29, 1.82) is 0 Å². The van der Waals surface area contributed by atoms with Crippen molar-refractivity contribution in [2.75, 3.05) is 25.0 Å². The summed E-state index contributed by atoms with van der Waals surface area (Å²) < 4.78 is 0. The molecule has 1 aliphatic heterocycles. The van der Waals surface area contributed by atoms with E-state index in [1.165, 1.54) is 12.8 Å². The summed E-state index contributed by atoms with van der Waals surface area (Å²) in [6, 6.07) is 3.71. The van der Waals surface area contributed by atoms with Crippen LogP contribution < -0.4 is 11.1 Å². The van der Waals surface area contributed by atoms with Gasteiger partial charge in [-0.05, 0) is 31.4 Å². The van der Waals surface area contributed by atoms with Crippen molar-refractivity contribution in [2.24, 2.45) is 10.7 Å². The topological polar surface area (TPSA) is 83.6 Å². The molecular formula is C16H26IN5O. The number of carbonyl (C=O) groups is 1. The van der Waals surface area contributed by atoms with Gasteiger partial charge in [0.25, 0.3) is 0 Å². The van der Waals surface area contributed by atoms with E-state index in [1.807, 2.05) is 13.0 Å². The molecule has 1 amide bonds. The molecule has 0 unspecified atom stereocenters. The van der Waals surface area contributed by atoms with Crippen molar-refractivity contribution in [3.05, 3.63) is 23.9 Å². The average Bonchev–Trinajstić information content (AvgIpc) is 2.79. The number of guanidine groups is 1. The minimum Gasteiger partial charge on any atom is -0.370 e. The van der Waals surface area contributed by atoms with Crippen molar-refractivity contribution < 1.29 is 4.79 Å². The lowest BCUT2D eigenvalue weighted by Crippen LogP contribution is -2.38. The molecule has 1 saturated heterocycles. The van der Waals surface area contributed by atoms with Crippen molar-refractivity contribution >= 4 is 41.7 Å². The normalized spacial score (nSPS) is 15.5. The van der Waals surface area contributed by atoms with E-state index in [4.69, 9.17) is 5.73 Å². The van der Waals surface area contributed by atoms with E-state index in [2.05, 4.69) is 20.2 Å². The molecule has 2 rings (SSSR count). The monoisotopic (exact) mass is 431 g/mol. The summed E-state index contributed by atoms with van der Waals surface area (Å²) in [6.07, 6.45) is 6.88. The highest BCUT2D eigenvalue weighted by Crippen LogP contribution is 2.09. The third kappa shape index (κ3) is 7.15. The fourth-order valence-corrected chi connectivity index (χ4v) is 2.42. The number of aromatic nitrogens is 1. The molecule has 6 nitrogen and oxygen atoms in total. The molecule has 1 aliphatic rings. The Hall–Kier alpha value is -1.38. The highest BCUT2D eigenvalue weighted by molar-refractivity contribution is 14.0. The summed E-state index contributed by atoms with van der Waals surface area (Å²) in [5.74, 6) is 1.03. The van der Waals surface area contributed by atoms with Crippen molar-refractivity contribution in [3.63, 3.8) is 0 Å². The van der Waals surface area contributed by atoms with E-state index in [-0.39, 0.29) is 29.9 Å². The van der Waals surface area contributed by atoms with E-state index in [0.29, 0.717) is 24.7 Å². The maximum atomic E-state index is 11.8. The van der Waals surface area contributed by atoms with Crippen LogP contribution in [0.15, 0.2) is 23.3 Å². The van der Waals surface area contributed by atoms with Crippen LogP contribution in [0.4, 0.5) is 5.82 Å². The number of rotatable bonds is 4. The standard InChI is InChI=1S/C16H25N5O.HI/c1-13-6-7-14(19-12-13)20-15(22)8-9-18-16(17)21-10-4-2-3-5-11-21;/h6-7,12H,2-5,8-11H2,1H3,(H2,17,18)(H,19,20,22);1H. The molecule has 2 heterocycles. The highest BCUT2D eigenvalue weighted by Gasteiger charge is 2.11. The average molecular weight is 431 g/mol. The lowest BCUT2D eigenvalue weighted by Gasteiger charge is -2.20. The first kappa shape index (κ1) is 19.7. The second kappa shape index (κ2) is 10.4. The van der Waals surface area contributed by atoms with E-state index in [9.17, 15) is 4.79 Å². The number of anilines is 1. The van der Waals surface area contributed by atoms with Gasteiger partial charge in [0.2, 0.25) is 5.91 Å². The summed E-state index contributed by atoms with van der Waals surface area (Å²) in [5, 5.41) is 2.76. The van der Waals surface area contributed by atoms with Crippen LogP contribution in [0.25, 0.3) is 0 Å². The lowest BCUT2D eigenvalue weighted by atomic mass is 10.2. The van der Waals surface area contributed by atoms with Crippen LogP contribution in [0, 0.1) is 6.92 Å². The minimum absolute atomic E-state index is 0. The fourth-order valence-electron chi connectivity index (χ4n) is 2.42. The molecule has 0 aromatic carbocycles. The van der Waals surface area contributed by atoms with Crippen LogP contribution >= 0.6 is 24.0 Å². The molecule has 0 bridgehead atoms. The second-order valence-corrected chi connectivity index (χ2v) is 5.66. The van der Waals surface area contributed by atoms with Gasteiger partial charge in [-0.3, -0.25) is 9.79 Å². The van der Waals surface area contributed by atoms with Crippen LogP contribution in [0.2, 0.25) is 0 Å². The van der Waals surface area contributed by atoms with Gasteiger partial charge in [-0.1, -0.05) is 18.9 Å². The van der Waals surface area contributed by atoms with Gasteiger partial charge in [-0.15, -0.1) is 24.0 Å². The molecule has 1 aromatic heterocycles. The molecule has 1 aromatic rings. The number of nitrogens with zero attached hydrogens (tertiary/aromatic N) is 3. The van der Waals surface area contributed by atoms with E-state index >= 15 is 0 Å². The first-order valence-electron chi connectivity index (χ1n) is 7.92. The van der Waals surface area contributed by atoms with Crippen molar-refractivity contribution in [2.45, 2.75) is 39.0 Å². The predicted octanol–water partition coefficient (Wildman–Crippen LogP) is 2.53. The number of aliphatic imine (C=N–C) groups is 1. The summed E-state index contributed by atoms with van der Waals surface area (Å²) >= 11 is 0. The third-order valence-corrected chi connectivity index (χ3v) is 3.72. The Morgan fingerprint density at radius 2 is 2.00 bits per heavy atom. The van der Waals surface area contributed by atoms with E-state index in [1.54, 1.807) is 12.3 Å². The van der Waals surface area contributed by atoms with Gasteiger partial charge < -0.3 is 16.0 Å². The maximum absolute atomic E-state index is 11.8. The zero-order valence-corrected chi connectivity index (χ0v) is 16.0. The molecule has 0 spiro atoms. The zero-order chi connectivity index (χ0) is 15.8. The van der Waals surface area contributed by atoms with Gasteiger partial charge in [-0.2, -0.15) is 0 Å². The number of aryl methyl sites for hydroxylation is 1. The molecule has 3 N–H and O–H groups in total. The Balaban J connectivity index is 0.00000264. The number of halogens is 1. The number of likely N-dealkylation sites (tertiary alicyclic amines) is 1. The van der Waals surface area contributed by atoms with Gasteiger partial charge in [0, 0.05) is 25.7 Å². The van der Waals surface area contributed by atoms with Crippen molar-refractivity contribution in [1.82, 2.24) is 9.88 Å². The fraction of sp³-hybridized carbons (Fsp3) is 0.562. The van der Waals surface area contributed by atoms with Gasteiger partial charge in [-0.25, -0.2) is 4.98 Å². The summed E-state index contributed by atoms with van der Waals surface area (Å²) in [7, 11) is 0. The Bertz CT molecular complexity index is 510. The van der Waals surface area contributed by atoms with E-state index in [0.717, 1.165) is 31.5 Å². The number of nitrogens with one attached hydrogen (secondary N) is 1. The minimum atomic E-state index is -0.0937. The molecule has 1 fully saturated rings. The van der Waals surface area contributed by atoms with E-state index < -0.39 is 0 Å². The van der Waals surface area contributed by atoms with Crippen LogP contribution in [-0.2, 0) is 4.79 Å². The van der Waals surface area contributed by atoms with Gasteiger partial charge in [0.15, 0.2) is 5.96 Å². The lowest BCUT2D eigenvalue weighted by molar-refractivity contribution is -0.116. The predicted molar refractivity (Wildman–Crippen MR) is 104 cm³/mol. The molecular weight excluding hydrogens is 405 g/mol. The van der Waals surface area contributed by atoms with Crippen LogP contribution in [0.5, 0.6) is 0 Å². The number of pyridine rings is 1. The summed E-state index contributed by atoms with van der Waals surface area (Å²) in [5.41, 5.74) is 7.07. The second-order valence-electron chi connectivity index (χ2n) is 5.66. The SMILES string of the molecule is Cc1ccc(NC(=O)CCN=C(N)N2CCCCCC2)nc1.I. The Labute approximate surface area is 155 Å². The number of amides is 1. The molecule has 128 valence electrons. The Morgan fingerprint density at radius 1 is 1.30 bits per heavy atom. The van der Waals surface area contributed by atoms with Crippen LogP contribution in [0.1, 0.15) is 37.7 Å². The number of nitrogens with two attached hydrogens (primary N) is 1. The van der Waals surface area contributed by atoms with Gasteiger partial charge in [0.1, 0.15) is 5.82 Å². The quantitative estimate of drug-likeness (QED) is 0.436. The first-order chi connectivity index (χ1) is 10.6. The largest absolute Gasteiger partial charge is 0.370 e. The van der Waals surface area contributed by atoms with Crippen molar-refractivity contribution in [3.8, 4) is 0 Å². The highest BCUT2D eigenvalue weighted by atomic mass is 127. The first-order valence-corrected chi connectivity index (χ1v) is 7.92. The zero-order valence-electron chi connectivity index (χ0n) is 13.6. The molecule has 0 saturated carbocycles. The smallest absolute Gasteiger partial charge is 0.227 e. The van der Waals surface area contributed by atoms with Crippen LogP contribution in [0.3, 0.4) is 0 Å². The molecule has 0 aliphatic carbocycles. The Kier molecular flexibility index (Phi) is 8.90. The van der Waals surface area contributed by atoms with Gasteiger partial charge in [0.05, 0.1) is 6.54 Å². The maximum Gasteiger partial charge on any atom is 0.227 e. The number of hydrogen-bond donors (Lipinski definition) is 2. The number of hydrogen-bond acceptors (Lipinski definition) is 3. The Morgan fingerprint density at radius 3 is 2.61 bits per heavy atom. The molecule has 0 radical (unpaired) electrons. The van der Waals surface area contributed by atoms with Gasteiger partial charge >= 0.3 is 0 Å². The molecule has 7 heteroatoms. The third-order valence-electron chi connectivity index (χ3n) is 3.72.